The van der Waals surface area contributed by atoms with Crippen molar-refractivity contribution < 1.29 is 8.98 Å². The van der Waals surface area contributed by atoms with Gasteiger partial charge in [-0.05, 0) is 43.2 Å². The lowest BCUT2D eigenvalue weighted by atomic mass is 10.1. The molecule has 0 aliphatic carbocycles. The zero-order chi connectivity index (χ0) is 16.0. The van der Waals surface area contributed by atoms with Crippen molar-refractivity contribution in [1.82, 2.24) is 4.98 Å². The third-order valence-corrected chi connectivity index (χ3v) is 4.39. The Bertz CT molecular complexity index is 1030. The van der Waals surface area contributed by atoms with Gasteiger partial charge < -0.3 is 4.42 Å². The molecule has 0 aliphatic heterocycles. The van der Waals surface area contributed by atoms with Gasteiger partial charge in [-0.25, -0.2) is 4.98 Å². The van der Waals surface area contributed by atoms with Gasteiger partial charge in [0.25, 0.3) is 0 Å². The highest BCUT2D eigenvalue weighted by atomic mass is 16.3. The van der Waals surface area contributed by atoms with Crippen LogP contribution >= 0.6 is 0 Å². The number of fused-ring (bicyclic) bond motifs is 3. The summed E-state index contributed by atoms with van der Waals surface area (Å²) in [7, 11) is 2.08. The molecule has 4 aromatic rings. The summed E-state index contributed by atoms with van der Waals surface area (Å²) in [5.41, 5.74) is 7.24. The van der Waals surface area contributed by atoms with E-state index in [2.05, 4.69) is 55.9 Å². The molecule has 0 bridgehead atoms. The molecule has 0 N–H and O–H groups in total. The molecule has 23 heavy (non-hydrogen) atoms. The molecular formula is C20H19N2O+. The van der Waals surface area contributed by atoms with E-state index in [9.17, 15) is 0 Å². The van der Waals surface area contributed by atoms with Crippen molar-refractivity contribution in [3.05, 3.63) is 59.8 Å². The minimum atomic E-state index is 0.847. The highest BCUT2D eigenvalue weighted by Gasteiger charge is 2.18. The fourth-order valence-corrected chi connectivity index (χ4v) is 3.11. The minimum Gasteiger partial charge on any atom is -0.454 e. The monoisotopic (exact) mass is 303 g/mol. The first-order valence-electron chi connectivity index (χ1n) is 7.95. The van der Waals surface area contributed by atoms with Crippen LogP contribution in [0, 0.1) is 6.92 Å². The van der Waals surface area contributed by atoms with Crippen molar-refractivity contribution in [1.29, 1.82) is 0 Å². The Hall–Kier alpha value is -2.68. The Kier molecular flexibility index (Phi) is 3.15. The number of rotatable bonds is 2. The second-order valence-electron chi connectivity index (χ2n) is 5.99. The van der Waals surface area contributed by atoms with Crippen molar-refractivity contribution in [2.45, 2.75) is 20.3 Å². The summed E-state index contributed by atoms with van der Waals surface area (Å²) >= 11 is 0. The van der Waals surface area contributed by atoms with E-state index in [-0.39, 0.29) is 0 Å². The topological polar surface area (TPSA) is 29.9 Å². The number of para-hydroxylation sites is 1. The number of hydrogen-bond donors (Lipinski definition) is 0. The summed E-state index contributed by atoms with van der Waals surface area (Å²) in [6, 6.07) is 14.5. The summed E-state index contributed by atoms with van der Waals surface area (Å²) in [5.74, 6) is 0. The predicted octanol–water partition coefficient (Wildman–Crippen LogP) is 4.34. The molecule has 0 amide bonds. The summed E-state index contributed by atoms with van der Waals surface area (Å²) < 4.78 is 8.08. The highest BCUT2D eigenvalue weighted by molar-refractivity contribution is 6.03. The maximum Gasteiger partial charge on any atom is 0.231 e. The number of aryl methyl sites for hydroxylation is 3. The normalized spacial score (nSPS) is 11.4. The molecular weight excluding hydrogens is 284 g/mol. The Morgan fingerprint density at radius 1 is 1.09 bits per heavy atom. The lowest BCUT2D eigenvalue weighted by Gasteiger charge is -2.05. The average Bonchev–Trinajstić information content (AvgIpc) is 2.91. The fourth-order valence-electron chi connectivity index (χ4n) is 3.11. The van der Waals surface area contributed by atoms with Crippen LogP contribution in [0.2, 0.25) is 0 Å². The standard InChI is InChI=1S/C20H19N2O/c1-4-14-9-10-16(22(3)12-14)19-13(2)11-18-20(21-19)15-7-5-6-8-17(15)23-18/h5-12H,4H2,1-3H3/q+1. The van der Waals surface area contributed by atoms with Crippen LogP contribution < -0.4 is 4.57 Å². The quantitative estimate of drug-likeness (QED) is 0.515. The summed E-state index contributed by atoms with van der Waals surface area (Å²) in [5, 5.41) is 1.07. The zero-order valence-corrected chi connectivity index (χ0v) is 13.6. The molecule has 0 saturated carbocycles. The number of nitrogens with zero attached hydrogens (tertiary/aromatic N) is 2. The Labute approximate surface area is 135 Å². The van der Waals surface area contributed by atoms with Gasteiger partial charge in [0.2, 0.25) is 5.69 Å². The van der Waals surface area contributed by atoms with Crippen LogP contribution in [0.3, 0.4) is 0 Å². The van der Waals surface area contributed by atoms with E-state index in [4.69, 9.17) is 9.40 Å². The maximum atomic E-state index is 5.92. The van der Waals surface area contributed by atoms with Crippen molar-refractivity contribution >= 4 is 22.1 Å². The summed E-state index contributed by atoms with van der Waals surface area (Å²) in [4.78, 5) is 4.93. The number of aromatic nitrogens is 2. The van der Waals surface area contributed by atoms with Gasteiger partial charge in [0.1, 0.15) is 23.8 Å². The van der Waals surface area contributed by atoms with E-state index >= 15 is 0 Å². The minimum absolute atomic E-state index is 0.847. The van der Waals surface area contributed by atoms with Crippen molar-refractivity contribution in [2.24, 2.45) is 7.05 Å². The van der Waals surface area contributed by atoms with E-state index in [0.29, 0.717) is 0 Å². The molecule has 0 aliphatic rings. The first-order valence-corrected chi connectivity index (χ1v) is 7.95. The summed E-state index contributed by atoms with van der Waals surface area (Å²) in [6.07, 6.45) is 3.21. The van der Waals surface area contributed by atoms with Crippen molar-refractivity contribution in [2.75, 3.05) is 0 Å². The first kappa shape index (κ1) is 13.9. The molecule has 3 nitrogen and oxygen atoms in total. The van der Waals surface area contributed by atoms with Crippen LogP contribution in [-0.2, 0) is 13.5 Å². The first-order chi connectivity index (χ1) is 11.2. The highest BCUT2D eigenvalue weighted by Crippen LogP contribution is 2.30. The Balaban J connectivity index is 1.99. The molecule has 3 heteroatoms. The summed E-state index contributed by atoms with van der Waals surface area (Å²) in [6.45, 7) is 4.25. The predicted molar refractivity (Wildman–Crippen MR) is 92.2 cm³/mol. The van der Waals surface area contributed by atoms with Gasteiger partial charge in [0.05, 0.1) is 0 Å². The van der Waals surface area contributed by atoms with Gasteiger partial charge in [-0.15, -0.1) is 0 Å². The van der Waals surface area contributed by atoms with Gasteiger partial charge in [-0.1, -0.05) is 19.1 Å². The zero-order valence-electron chi connectivity index (χ0n) is 13.6. The van der Waals surface area contributed by atoms with Crippen molar-refractivity contribution in [3.8, 4) is 11.4 Å². The molecule has 1 aromatic carbocycles. The van der Waals surface area contributed by atoms with Gasteiger partial charge in [0.15, 0.2) is 11.8 Å². The molecule has 0 unspecified atom stereocenters. The molecule has 3 aromatic heterocycles. The number of benzene rings is 1. The number of hydrogen-bond acceptors (Lipinski definition) is 2. The van der Waals surface area contributed by atoms with Gasteiger partial charge in [-0.3, -0.25) is 0 Å². The molecule has 0 saturated heterocycles. The smallest absolute Gasteiger partial charge is 0.231 e. The van der Waals surface area contributed by atoms with Gasteiger partial charge >= 0.3 is 0 Å². The lowest BCUT2D eigenvalue weighted by molar-refractivity contribution is -0.661. The van der Waals surface area contributed by atoms with Crippen LogP contribution in [0.25, 0.3) is 33.5 Å². The third-order valence-electron chi connectivity index (χ3n) is 4.39. The molecule has 0 fully saturated rings. The average molecular weight is 303 g/mol. The van der Waals surface area contributed by atoms with E-state index in [1.165, 1.54) is 5.56 Å². The van der Waals surface area contributed by atoms with E-state index in [1.807, 2.05) is 18.2 Å². The lowest BCUT2D eigenvalue weighted by Crippen LogP contribution is -2.31. The SMILES string of the molecule is CCc1ccc(-c2nc3c(cc2C)oc2ccccc23)[n+](C)c1. The van der Waals surface area contributed by atoms with Crippen LogP contribution in [-0.4, -0.2) is 4.98 Å². The number of furan rings is 1. The van der Waals surface area contributed by atoms with Crippen LogP contribution in [0.5, 0.6) is 0 Å². The largest absolute Gasteiger partial charge is 0.454 e. The Morgan fingerprint density at radius 2 is 1.91 bits per heavy atom. The molecule has 0 spiro atoms. The van der Waals surface area contributed by atoms with E-state index < -0.39 is 0 Å². The van der Waals surface area contributed by atoms with Gasteiger partial charge in [0, 0.05) is 17.0 Å². The second kappa shape index (κ2) is 5.20. The number of pyridine rings is 2. The molecule has 0 radical (unpaired) electrons. The van der Waals surface area contributed by atoms with Crippen molar-refractivity contribution in [3.63, 3.8) is 0 Å². The molecule has 4 rings (SSSR count). The van der Waals surface area contributed by atoms with Gasteiger partial charge in [-0.2, -0.15) is 4.57 Å². The maximum absolute atomic E-state index is 5.92. The van der Waals surface area contributed by atoms with E-state index in [0.717, 1.165) is 45.4 Å². The molecule has 114 valence electrons. The molecule has 0 atom stereocenters. The Morgan fingerprint density at radius 3 is 2.70 bits per heavy atom. The van der Waals surface area contributed by atoms with Crippen LogP contribution in [0.15, 0.2) is 53.1 Å². The second-order valence-corrected chi connectivity index (χ2v) is 5.99. The van der Waals surface area contributed by atoms with E-state index in [1.54, 1.807) is 0 Å². The van der Waals surface area contributed by atoms with Crippen LogP contribution in [0.1, 0.15) is 18.1 Å². The third kappa shape index (κ3) is 2.20. The van der Waals surface area contributed by atoms with Crippen LogP contribution in [0.4, 0.5) is 0 Å². The fraction of sp³-hybridized carbons (Fsp3) is 0.200. The molecule has 3 heterocycles.